The van der Waals surface area contributed by atoms with E-state index < -0.39 is 11.9 Å². The van der Waals surface area contributed by atoms with Gasteiger partial charge in [-0.2, -0.15) is 13.2 Å². The molecule has 0 aliphatic heterocycles. The number of nitrogens with zero attached hydrogens (tertiary/aromatic N) is 2. The third kappa shape index (κ3) is 4.68. The molecule has 1 N–H and O–H groups in total. The van der Waals surface area contributed by atoms with E-state index in [2.05, 4.69) is 15.3 Å². The maximum atomic E-state index is 12.7. The van der Waals surface area contributed by atoms with Crippen molar-refractivity contribution in [1.82, 2.24) is 9.97 Å². The van der Waals surface area contributed by atoms with E-state index in [-0.39, 0.29) is 6.54 Å². The molecule has 0 unspecified atom stereocenters. The molecule has 2 heterocycles. The zero-order valence-electron chi connectivity index (χ0n) is 14.2. The SMILES string of the molecule is COc1ccc(-c2ccc(CNc3ccnc(C(F)(F)F)c3)nc2)cc1Cl. The van der Waals surface area contributed by atoms with Crippen LogP contribution in [0.3, 0.4) is 0 Å². The van der Waals surface area contributed by atoms with Gasteiger partial charge in [0.15, 0.2) is 0 Å². The van der Waals surface area contributed by atoms with Crippen molar-refractivity contribution in [2.45, 2.75) is 12.7 Å². The van der Waals surface area contributed by atoms with Gasteiger partial charge in [0, 0.05) is 23.6 Å². The number of anilines is 1. The number of nitrogens with one attached hydrogen (secondary N) is 1. The molecule has 140 valence electrons. The number of pyridine rings is 2. The lowest BCUT2D eigenvalue weighted by molar-refractivity contribution is -0.141. The first-order valence-corrected chi connectivity index (χ1v) is 8.30. The van der Waals surface area contributed by atoms with Crippen LogP contribution in [0.1, 0.15) is 11.4 Å². The topological polar surface area (TPSA) is 47.0 Å². The molecule has 2 aromatic heterocycles. The second kappa shape index (κ2) is 7.84. The lowest BCUT2D eigenvalue weighted by Crippen LogP contribution is -2.09. The van der Waals surface area contributed by atoms with Gasteiger partial charge in [-0.1, -0.05) is 23.7 Å². The number of hydrogen-bond acceptors (Lipinski definition) is 4. The van der Waals surface area contributed by atoms with Crippen molar-refractivity contribution in [2.75, 3.05) is 12.4 Å². The summed E-state index contributed by atoms with van der Waals surface area (Å²) in [5, 5.41) is 3.42. The molecule has 0 aliphatic carbocycles. The van der Waals surface area contributed by atoms with Gasteiger partial charge in [0.25, 0.3) is 0 Å². The quantitative estimate of drug-likeness (QED) is 0.627. The second-order valence-electron chi connectivity index (χ2n) is 5.67. The third-order valence-corrected chi connectivity index (χ3v) is 4.13. The molecule has 0 saturated carbocycles. The Kier molecular flexibility index (Phi) is 5.51. The van der Waals surface area contributed by atoms with Gasteiger partial charge in [-0.3, -0.25) is 9.97 Å². The molecular formula is C19H15ClF3N3O. The maximum absolute atomic E-state index is 12.7. The standard InChI is InChI=1S/C19H15ClF3N3O/c1-27-17-5-3-12(8-16(17)20)13-2-4-15(25-10-13)11-26-14-6-7-24-18(9-14)19(21,22)23/h2-10H,11H2,1H3,(H,24,26). The van der Waals surface area contributed by atoms with Crippen LogP contribution in [0.2, 0.25) is 5.02 Å². The van der Waals surface area contributed by atoms with Gasteiger partial charge in [-0.25, -0.2) is 0 Å². The van der Waals surface area contributed by atoms with Gasteiger partial charge < -0.3 is 10.1 Å². The number of methoxy groups -OCH3 is 1. The van der Waals surface area contributed by atoms with Gasteiger partial charge >= 0.3 is 6.18 Å². The predicted molar refractivity (Wildman–Crippen MR) is 97.8 cm³/mol. The lowest BCUT2D eigenvalue weighted by atomic mass is 10.1. The van der Waals surface area contributed by atoms with Gasteiger partial charge in [0.05, 0.1) is 24.4 Å². The van der Waals surface area contributed by atoms with E-state index in [0.717, 1.165) is 23.4 Å². The molecule has 1 aromatic carbocycles. The first-order valence-electron chi connectivity index (χ1n) is 7.93. The van der Waals surface area contributed by atoms with E-state index in [0.29, 0.717) is 22.2 Å². The minimum atomic E-state index is -4.47. The van der Waals surface area contributed by atoms with Crippen LogP contribution in [0, 0.1) is 0 Å². The van der Waals surface area contributed by atoms with Gasteiger partial charge in [-0.15, -0.1) is 0 Å². The van der Waals surface area contributed by atoms with Crippen LogP contribution < -0.4 is 10.1 Å². The summed E-state index contributed by atoms with van der Waals surface area (Å²) < 4.78 is 43.2. The summed E-state index contributed by atoms with van der Waals surface area (Å²) in [5.74, 6) is 0.588. The van der Waals surface area contributed by atoms with Crippen LogP contribution in [-0.4, -0.2) is 17.1 Å². The lowest BCUT2D eigenvalue weighted by Gasteiger charge is -2.10. The number of hydrogen-bond donors (Lipinski definition) is 1. The number of halogens is 4. The van der Waals surface area contributed by atoms with Gasteiger partial charge in [0.1, 0.15) is 11.4 Å². The first-order chi connectivity index (χ1) is 12.9. The normalized spacial score (nSPS) is 11.3. The summed E-state index contributed by atoms with van der Waals surface area (Å²) >= 11 is 6.13. The minimum Gasteiger partial charge on any atom is -0.495 e. The highest BCUT2D eigenvalue weighted by Gasteiger charge is 2.32. The van der Waals surface area contributed by atoms with E-state index in [1.807, 2.05) is 12.1 Å². The average Bonchev–Trinajstić information content (AvgIpc) is 2.66. The molecule has 0 atom stereocenters. The molecule has 0 bridgehead atoms. The molecule has 3 rings (SSSR count). The summed E-state index contributed by atoms with van der Waals surface area (Å²) in [7, 11) is 1.55. The second-order valence-corrected chi connectivity index (χ2v) is 6.08. The molecule has 0 saturated heterocycles. The van der Waals surface area contributed by atoms with Crippen LogP contribution in [0.15, 0.2) is 54.9 Å². The number of benzene rings is 1. The highest BCUT2D eigenvalue weighted by molar-refractivity contribution is 6.32. The fraction of sp³-hybridized carbons (Fsp3) is 0.158. The minimum absolute atomic E-state index is 0.283. The Hall–Kier alpha value is -2.80. The molecule has 8 heteroatoms. The molecular weight excluding hydrogens is 379 g/mol. The summed E-state index contributed by atoms with van der Waals surface area (Å²) in [4.78, 5) is 7.67. The van der Waals surface area contributed by atoms with E-state index >= 15 is 0 Å². The van der Waals surface area contributed by atoms with Crippen molar-refractivity contribution in [3.05, 3.63) is 71.3 Å². The predicted octanol–water partition coefficient (Wildman–Crippen LogP) is 5.44. The molecule has 0 fully saturated rings. The van der Waals surface area contributed by atoms with E-state index in [1.54, 1.807) is 31.5 Å². The smallest absolute Gasteiger partial charge is 0.433 e. The first kappa shape index (κ1) is 19.0. The fourth-order valence-corrected chi connectivity index (χ4v) is 2.69. The number of aromatic nitrogens is 2. The highest BCUT2D eigenvalue weighted by Crippen LogP contribution is 2.30. The zero-order chi connectivity index (χ0) is 19.4. The van der Waals surface area contributed by atoms with E-state index in [4.69, 9.17) is 16.3 Å². The van der Waals surface area contributed by atoms with E-state index in [1.165, 1.54) is 6.07 Å². The van der Waals surface area contributed by atoms with Crippen LogP contribution >= 0.6 is 11.6 Å². The van der Waals surface area contributed by atoms with Crippen LogP contribution in [-0.2, 0) is 12.7 Å². The number of ether oxygens (including phenoxy) is 1. The summed E-state index contributed by atoms with van der Waals surface area (Å²) in [6.07, 6.45) is -1.67. The number of rotatable bonds is 5. The van der Waals surface area contributed by atoms with Gasteiger partial charge in [-0.05, 0) is 35.9 Å². The average molecular weight is 394 g/mol. The van der Waals surface area contributed by atoms with Crippen molar-refractivity contribution in [3.8, 4) is 16.9 Å². The Morgan fingerprint density at radius 2 is 1.81 bits per heavy atom. The van der Waals surface area contributed by atoms with Gasteiger partial charge in [0.2, 0.25) is 0 Å². The van der Waals surface area contributed by atoms with E-state index in [9.17, 15) is 13.2 Å². The maximum Gasteiger partial charge on any atom is 0.433 e. The van der Waals surface area contributed by atoms with Crippen molar-refractivity contribution in [1.29, 1.82) is 0 Å². The molecule has 3 aromatic rings. The molecule has 0 amide bonds. The Morgan fingerprint density at radius 1 is 1.04 bits per heavy atom. The van der Waals surface area contributed by atoms with Crippen molar-refractivity contribution >= 4 is 17.3 Å². The molecule has 27 heavy (non-hydrogen) atoms. The molecule has 4 nitrogen and oxygen atoms in total. The Morgan fingerprint density at radius 3 is 2.44 bits per heavy atom. The zero-order valence-corrected chi connectivity index (χ0v) is 15.0. The molecule has 0 spiro atoms. The summed E-state index contributed by atoms with van der Waals surface area (Å²) in [6, 6.07) is 11.5. The monoisotopic (exact) mass is 393 g/mol. The number of alkyl halides is 3. The van der Waals surface area contributed by atoms with Crippen molar-refractivity contribution < 1.29 is 17.9 Å². The van der Waals surface area contributed by atoms with Crippen LogP contribution in [0.5, 0.6) is 5.75 Å². The summed E-state index contributed by atoms with van der Waals surface area (Å²) in [5.41, 5.74) is 1.82. The third-order valence-electron chi connectivity index (χ3n) is 3.83. The van der Waals surface area contributed by atoms with Crippen molar-refractivity contribution in [2.24, 2.45) is 0 Å². The molecule has 0 radical (unpaired) electrons. The fourth-order valence-electron chi connectivity index (χ4n) is 2.43. The largest absolute Gasteiger partial charge is 0.495 e. The van der Waals surface area contributed by atoms with Crippen molar-refractivity contribution in [3.63, 3.8) is 0 Å². The van der Waals surface area contributed by atoms with Crippen LogP contribution in [0.25, 0.3) is 11.1 Å². The molecule has 0 aliphatic rings. The Balaban J connectivity index is 1.69. The highest BCUT2D eigenvalue weighted by atomic mass is 35.5. The summed E-state index contributed by atoms with van der Waals surface area (Å²) in [6.45, 7) is 0.283. The van der Waals surface area contributed by atoms with Crippen LogP contribution in [0.4, 0.5) is 18.9 Å². The Labute approximate surface area is 159 Å². The Bertz CT molecular complexity index is 930.